The molecule has 11 heteroatoms. The third-order valence-corrected chi connectivity index (χ3v) is 4.01. The van der Waals surface area contributed by atoms with Gasteiger partial charge in [-0.25, -0.2) is 23.1 Å². The van der Waals surface area contributed by atoms with Crippen molar-refractivity contribution in [3.05, 3.63) is 54.4 Å². The Bertz CT molecular complexity index is 869. The van der Waals surface area contributed by atoms with Crippen LogP contribution >= 0.6 is 0 Å². The largest absolute Gasteiger partial charge is 0.381 e. The van der Waals surface area contributed by atoms with Gasteiger partial charge in [0.1, 0.15) is 36.2 Å². The molecule has 0 spiro atoms. The number of nitrogens with two attached hydrogens (primary N) is 1. The Morgan fingerprint density at radius 2 is 2.04 bits per heavy atom. The molecule has 2 heterocycles. The van der Waals surface area contributed by atoms with E-state index in [4.69, 9.17) is 5.73 Å². The van der Waals surface area contributed by atoms with E-state index in [2.05, 4.69) is 25.5 Å². The molecule has 2 aromatic heterocycles. The monoisotopic (exact) mass is 378 g/mol. The number of hydrogen-bond donors (Lipinski definition) is 3. The fourth-order valence-electron chi connectivity index (χ4n) is 2.74. The minimum atomic E-state index is -1.77. The summed E-state index contributed by atoms with van der Waals surface area (Å²) in [6.07, 6.45) is 4.75. The van der Waals surface area contributed by atoms with Crippen LogP contribution in [0.15, 0.2) is 37.2 Å². The van der Waals surface area contributed by atoms with E-state index < -0.39 is 17.2 Å². The van der Waals surface area contributed by atoms with E-state index in [9.17, 15) is 13.9 Å². The number of hydrogen-bond acceptors (Lipinski definition) is 7. The second-order valence-electron chi connectivity index (χ2n) is 6.06. The molecule has 0 aliphatic heterocycles. The third-order valence-electron chi connectivity index (χ3n) is 4.01. The van der Waals surface area contributed by atoms with E-state index in [0.29, 0.717) is 19.0 Å². The Morgan fingerprint density at radius 3 is 2.74 bits per heavy atom. The highest BCUT2D eigenvalue weighted by atomic mass is 19.1. The van der Waals surface area contributed by atoms with E-state index in [1.54, 1.807) is 0 Å². The molecule has 9 nitrogen and oxygen atoms in total. The van der Waals surface area contributed by atoms with Crippen molar-refractivity contribution in [1.82, 2.24) is 29.5 Å². The molecule has 0 fully saturated rings. The summed E-state index contributed by atoms with van der Waals surface area (Å²) in [6.45, 7) is 0.831. The number of halogens is 2. The van der Waals surface area contributed by atoms with E-state index in [1.807, 2.05) is 0 Å². The van der Waals surface area contributed by atoms with Crippen LogP contribution in [0.3, 0.4) is 0 Å². The van der Waals surface area contributed by atoms with Crippen LogP contribution in [0.2, 0.25) is 0 Å². The van der Waals surface area contributed by atoms with Crippen molar-refractivity contribution in [2.75, 3.05) is 18.4 Å². The summed E-state index contributed by atoms with van der Waals surface area (Å²) in [5.74, 6) is -1.19. The van der Waals surface area contributed by atoms with Crippen LogP contribution in [0, 0.1) is 11.6 Å². The molecule has 0 saturated carbocycles. The first-order chi connectivity index (χ1) is 13.0. The van der Waals surface area contributed by atoms with Crippen molar-refractivity contribution >= 4 is 5.95 Å². The lowest BCUT2D eigenvalue weighted by atomic mass is 9.93. The predicted molar refractivity (Wildman–Crippen MR) is 92.5 cm³/mol. The summed E-state index contributed by atoms with van der Waals surface area (Å²) in [5.41, 5.74) is 3.62. The molecule has 0 radical (unpaired) electrons. The molecule has 144 valence electrons. The molecule has 1 aromatic carbocycles. The average molecular weight is 378 g/mol. The van der Waals surface area contributed by atoms with Gasteiger partial charge < -0.3 is 16.2 Å². The van der Waals surface area contributed by atoms with Gasteiger partial charge in [0.2, 0.25) is 5.95 Å². The highest BCUT2D eigenvalue weighted by molar-refractivity contribution is 5.27. The van der Waals surface area contributed by atoms with Crippen molar-refractivity contribution in [3.8, 4) is 0 Å². The standard InChI is InChI=1S/C16H20F2N8O/c17-12-2-3-13(14(18)6-12)16(27,7-25-11-20-9-23-25)8-26-15(22-10-24-26)21-5-1-4-19/h2-3,6,9-11,27H,1,4-5,7-8,19H2,(H,21,22,24). The Morgan fingerprint density at radius 1 is 1.19 bits per heavy atom. The van der Waals surface area contributed by atoms with Gasteiger partial charge in [-0.1, -0.05) is 6.07 Å². The highest BCUT2D eigenvalue weighted by Crippen LogP contribution is 2.29. The maximum atomic E-state index is 14.4. The summed E-state index contributed by atoms with van der Waals surface area (Å²) in [5, 5.41) is 22.4. The smallest absolute Gasteiger partial charge is 0.221 e. The zero-order valence-electron chi connectivity index (χ0n) is 14.5. The molecule has 0 aliphatic rings. The molecular formula is C16H20F2N8O. The van der Waals surface area contributed by atoms with Crippen molar-refractivity contribution < 1.29 is 13.9 Å². The zero-order chi connectivity index (χ0) is 19.3. The lowest BCUT2D eigenvalue weighted by Crippen LogP contribution is -2.38. The van der Waals surface area contributed by atoms with E-state index in [-0.39, 0.29) is 18.7 Å². The molecule has 0 amide bonds. The van der Waals surface area contributed by atoms with Crippen LogP contribution in [0.5, 0.6) is 0 Å². The molecule has 4 N–H and O–H groups in total. The average Bonchev–Trinajstić information content (AvgIpc) is 3.27. The van der Waals surface area contributed by atoms with Gasteiger partial charge in [-0.05, 0) is 19.0 Å². The van der Waals surface area contributed by atoms with Gasteiger partial charge in [-0.3, -0.25) is 0 Å². The summed E-state index contributed by atoms with van der Waals surface area (Å²) in [4.78, 5) is 7.93. The first-order valence-electron chi connectivity index (χ1n) is 8.34. The molecular weight excluding hydrogens is 358 g/mol. The highest BCUT2D eigenvalue weighted by Gasteiger charge is 2.35. The SMILES string of the molecule is NCCCNc1ncnn1CC(O)(Cn1cncn1)c1ccc(F)cc1F. The lowest BCUT2D eigenvalue weighted by Gasteiger charge is -2.29. The van der Waals surface area contributed by atoms with Gasteiger partial charge in [0.05, 0.1) is 13.1 Å². The number of aliphatic hydroxyl groups is 1. The quantitative estimate of drug-likeness (QED) is 0.464. The van der Waals surface area contributed by atoms with E-state index in [1.165, 1.54) is 34.4 Å². The maximum Gasteiger partial charge on any atom is 0.221 e. The topological polar surface area (TPSA) is 120 Å². The summed E-state index contributed by atoms with van der Waals surface area (Å²) >= 11 is 0. The van der Waals surface area contributed by atoms with E-state index in [0.717, 1.165) is 18.6 Å². The van der Waals surface area contributed by atoms with Crippen LogP contribution in [0.25, 0.3) is 0 Å². The van der Waals surface area contributed by atoms with Crippen molar-refractivity contribution in [2.45, 2.75) is 25.1 Å². The predicted octanol–water partition coefficient (Wildman–Crippen LogP) is 0.497. The van der Waals surface area contributed by atoms with Gasteiger partial charge in [-0.2, -0.15) is 15.2 Å². The number of aromatic nitrogens is 6. The summed E-state index contributed by atoms with van der Waals surface area (Å²) in [6, 6.07) is 3.02. The molecule has 1 atom stereocenters. The lowest BCUT2D eigenvalue weighted by molar-refractivity contribution is -0.00800. The van der Waals surface area contributed by atoms with E-state index >= 15 is 0 Å². The van der Waals surface area contributed by atoms with Crippen LogP contribution in [-0.2, 0) is 18.7 Å². The normalized spacial score (nSPS) is 13.5. The Balaban J connectivity index is 1.92. The summed E-state index contributed by atoms with van der Waals surface area (Å²) < 4.78 is 30.5. The second-order valence-corrected chi connectivity index (χ2v) is 6.06. The van der Waals surface area contributed by atoms with Crippen LogP contribution < -0.4 is 11.1 Å². The number of anilines is 1. The molecule has 3 aromatic rings. The van der Waals surface area contributed by atoms with Crippen LogP contribution in [0.1, 0.15) is 12.0 Å². The fourth-order valence-corrected chi connectivity index (χ4v) is 2.74. The third kappa shape index (κ3) is 4.44. The molecule has 3 rings (SSSR count). The van der Waals surface area contributed by atoms with Crippen molar-refractivity contribution in [1.29, 1.82) is 0 Å². The number of benzene rings is 1. The van der Waals surface area contributed by atoms with Gasteiger partial charge in [0.15, 0.2) is 0 Å². The van der Waals surface area contributed by atoms with Gasteiger partial charge in [-0.15, -0.1) is 0 Å². The molecule has 0 saturated heterocycles. The molecule has 27 heavy (non-hydrogen) atoms. The minimum absolute atomic E-state index is 0.0807. The first kappa shape index (κ1) is 18.9. The number of rotatable bonds is 9. The molecule has 0 aliphatic carbocycles. The second kappa shape index (κ2) is 8.18. The first-order valence-corrected chi connectivity index (χ1v) is 8.34. The number of nitrogens with one attached hydrogen (secondary N) is 1. The number of nitrogens with zero attached hydrogens (tertiary/aromatic N) is 6. The Hall–Kier alpha value is -2.92. The Kier molecular flexibility index (Phi) is 5.72. The van der Waals surface area contributed by atoms with Gasteiger partial charge >= 0.3 is 0 Å². The van der Waals surface area contributed by atoms with Crippen LogP contribution in [0.4, 0.5) is 14.7 Å². The van der Waals surface area contributed by atoms with Crippen molar-refractivity contribution in [2.24, 2.45) is 5.73 Å². The van der Waals surface area contributed by atoms with Gasteiger partial charge in [0, 0.05) is 18.2 Å². The van der Waals surface area contributed by atoms with Gasteiger partial charge in [0.25, 0.3) is 0 Å². The zero-order valence-corrected chi connectivity index (χ0v) is 14.5. The van der Waals surface area contributed by atoms with Crippen molar-refractivity contribution in [3.63, 3.8) is 0 Å². The van der Waals surface area contributed by atoms with Crippen LogP contribution in [-0.4, -0.2) is 47.7 Å². The summed E-state index contributed by atoms with van der Waals surface area (Å²) in [7, 11) is 0. The molecule has 1 unspecified atom stereocenters. The minimum Gasteiger partial charge on any atom is -0.381 e. The molecule has 0 bridgehead atoms. The Labute approximate surface area is 153 Å². The fraction of sp³-hybridized carbons (Fsp3) is 0.375. The maximum absolute atomic E-state index is 14.4.